The Morgan fingerprint density at radius 2 is 1.78 bits per heavy atom. The Bertz CT molecular complexity index is 979. The second kappa shape index (κ2) is 6.24. The number of nitrogens with one attached hydrogen (secondary N) is 1. The molecule has 7 heteroatoms. The SMILES string of the molecule is O=c1[nH]c2c(Cl)cc(Cl)cc2nc1C=C(O)c1ccc(Cl)cc1. The van der Waals surface area contributed by atoms with Crippen LogP contribution in [0.4, 0.5) is 0 Å². The summed E-state index contributed by atoms with van der Waals surface area (Å²) >= 11 is 17.8. The van der Waals surface area contributed by atoms with E-state index in [4.69, 9.17) is 34.8 Å². The monoisotopic (exact) mass is 366 g/mol. The van der Waals surface area contributed by atoms with Crippen LogP contribution in [0.1, 0.15) is 11.3 Å². The quantitative estimate of drug-likeness (QED) is 0.630. The van der Waals surface area contributed by atoms with E-state index >= 15 is 0 Å². The first kappa shape index (κ1) is 15.9. The lowest BCUT2D eigenvalue weighted by Gasteiger charge is -2.04. The van der Waals surface area contributed by atoms with Gasteiger partial charge in [-0.1, -0.05) is 34.8 Å². The second-order valence-electron chi connectivity index (χ2n) is 4.77. The summed E-state index contributed by atoms with van der Waals surface area (Å²) in [5.41, 5.74) is 0.909. The second-order valence-corrected chi connectivity index (χ2v) is 6.05. The van der Waals surface area contributed by atoms with E-state index in [-0.39, 0.29) is 11.5 Å². The van der Waals surface area contributed by atoms with Crippen molar-refractivity contribution in [3.8, 4) is 0 Å². The maximum Gasteiger partial charge on any atom is 0.274 e. The van der Waals surface area contributed by atoms with Gasteiger partial charge in [0.05, 0.1) is 16.1 Å². The molecule has 116 valence electrons. The lowest BCUT2D eigenvalue weighted by molar-refractivity contribution is 0.515. The minimum atomic E-state index is -0.470. The van der Waals surface area contributed by atoms with Crippen molar-refractivity contribution in [1.29, 1.82) is 0 Å². The first-order valence-corrected chi connectivity index (χ1v) is 7.63. The molecule has 0 spiro atoms. The van der Waals surface area contributed by atoms with Crippen LogP contribution in [0, 0.1) is 0 Å². The molecule has 1 aromatic heterocycles. The molecule has 2 N–H and O–H groups in total. The first-order chi connectivity index (χ1) is 10.9. The summed E-state index contributed by atoms with van der Waals surface area (Å²) in [7, 11) is 0. The Morgan fingerprint density at radius 1 is 1.09 bits per heavy atom. The van der Waals surface area contributed by atoms with Crippen LogP contribution in [-0.2, 0) is 0 Å². The highest BCUT2D eigenvalue weighted by atomic mass is 35.5. The molecule has 3 rings (SSSR count). The van der Waals surface area contributed by atoms with Crippen LogP contribution in [0.25, 0.3) is 22.9 Å². The number of aliphatic hydroxyl groups excluding tert-OH is 1. The fourth-order valence-electron chi connectivity index (χ4n) is 2.06. The normalized spacial score (nSPS) is 11.9. The lowest BCUT2D eigenvalue weighted by Crippen LogP contribution is -2.12. The maximum atomic E-state index is 12.1. The van der Waals surface area contributed by atoms with Gasteiger partial charge in [0.1, 0.15) is 11.5 Å². The summed E-state index contributed by atoms with van der Waals surface area (Å²) in [5.74, 6) is -0.104. The molecule has 2 aromatic carbocycles. The highest BCUT2D eigenvalue weighted by Gasteiger charge is 2.09. The number of benzene rings is 2. The Hall–Kier alpha value is -2.01. The van der Waals surface area contributed by atoms with E-state index < -0.39 is 5.56 Å². The van der Waals surface area contributed by atoms with Crippen molar-refractivity contribution in [1.82, 2.24) is 9.97 Å². The van der Waals surface area contributed by atoms with Gasteiger partial charge in [-0.2, -0.15) is 0 Å². The molecule has 23 heavy (non-hydrogen) atoms. The molecule has 0 fully saturated rings. The number of rotatable bonds is 2. The first-order valence-electron chi connectivity index (χ1n) is 6.50. The highest BCUT2D eigenvalue weighted by Crippen LogP contribution is 2.25. The summed E-state index contributed by atoms with van der Waals surface area (Å²) in [5, 5.41) is 11.4. The molecule has 0 aliphatic rings. The molecule has 0 aliphatic heterocycles. The molecular formula is C16H9Cl3N2O2. The number of H-pyrrole nitrogens is 1. The Morgan fingerprint density at radius 3 is 2.48 bits per heavy atom. The van der Waals surface area contributed by atoms with Gasteiger partial charge in [0.25, 0.3) is 5.56 Å². The number of fused-ring (bicyclic) bond motifs is 1. The number of aromatic amines is 1. The summed E-state index contributed by atoms with van der Waals surface area (Å²) in [6.07, 6.45) is 1.27. The van der Waals surface area contributed by atoms with Crippen LogP contribution in [0.2, 0.25) is 15.1 Å². The van der Waals surface area contributed by atoms with Crippen molar-refractivity contribution in [2.75, 3.05) is 0 Å². The zero-order valence-corrected chi connectivity index (χ0v) is 13.7. The van der Waals surface area contributed by atoms with E-state index in [2.05, 4.69) is 9.97 Å². The maximum absolute atomic E-state index is 12.1. The van der Waals surface area contributed by atoms with Crippen LogP contribution in [-0.4, -0.2) is 15.1 Å². The van der Waals surface area contributed by atoms with Gasteiger partial charge >= 0.3 is 0 Å². The minimum absolute atomic E-state index is 0.0447. The fraction of sp³-hybridized carbons (Fsp3) is 0. The molecule has 0 saturated heterocycles. The molecule has 4 nitrogen and oxygen atoms in total. The lowest BCUT2D eigenvalue weighted by atomic mass is 10.1. The molecule has 1 heterocycles. The van der Waals surface area contributed by atoms with E-state index in [0.29, 0.717) is 31.7 Å². The van der Waals surface area contributed by atoms with E-state index in [1.54, 1.807) is 30.3 Å². The zero-order valence-electron chi connectivity index (χ0n) is 11.5. The molecule has 0 aliphatic carbocycles. The van der Waals surface area contributed by atoms with Gasteiger partial charge in [0.15, 0.2) is 0 Å². The predicted molar refractivity (Wildman–Crippen MR) is 94.3 cm³/mol. The molecule has 3 aromatic rings. The number of hydrogen-bond donors (Lipinski definition) is 2. The van der Waals surface area contributed by atoms with Gasteiger partial charge in [0.2, 0.25) is 0 Å². The van der Waals surface area contributed by atoms with E-state index in [9.17, 15) is 9.90 Å². The van der Waals surface area contributed by atoms with Crippen LogP contribution >= 0.6 is 34.8 Å². The summed E-state index contributed by atoms with van der Waals surface area (Å²) in [6, 6.07) is 9.64. The third-order valence-corrected chi connectivity index (χ3v) is 3.93. The third kappa shape index (κ3) is 3.34. The van der Waals surface area contributed by atoms with Crippen molar-refractivity contribution < 1.29 is 5.11 Å². The van der Waals surface area contributed by atoms with E-state index in [0.717, 1.165) is 0 Å². The number of aromatic nitrogens is 2. The number of halogens is 3. The Balaban J connectivity index is 2.12. The van der Waals surface area contributed by atoms with Crippen molar-refractivity contribution in [2.45, 2.75) is 0 Å². The summed E-state index contributed by atoms with van der Waals surface area (Å²) < 4.78 is 0. The van der Waals surface area contributed by atoms with Crippen molar-refractivity contribution >= 4 is 57.7 Å². The van der Waals surface area contributed by atoms with Gasteiger partial charge in [-0.3, -0.25) is 4.79 Å². The fourth-order valence-corrected chi connectivity index (χ4v) is 2.72. The zero-order chi connectivity index (χ0) is 16.6. The summed E-state index contributed by atoms with van der Waals surface area (Å²) in [4.78, 5) is 18.9. The van der Waals surface area contributed by atoms with Crippen molar-refractivity contribution in [3.05, 3.63) is 73.1 Å². The molecule has 0 bridgehead atoms. The minimum Gasteiger partial charge on any atom is -0.507 e. The molecule has 0 unspecified atom stereocenters. The topological polar surface area (TPSA) is 66.0 Å². The van der Waals surface area contributed by atoms with Gasteiger partial charge < -0.3 is 10.1 Å². The van der Waals surface area contributed by atoms with Crippen LogP contribution < -0.4 is 5.56 Å². The smallest absolute Gasteiger partial charge is 0.274 e. The Labute approximate surface area is 146 Å². The van der Waals surface area contributed by atoms with E-state index in [1.165, 1.54) is 12.1 Å². The van der Waals surface area contributed by atoms with Gasteiger partial charge in [-0.15, -0.1) is 0 Å². The number of nitrogens with zero attached hydrogens (tertiary/aromatic N) is 1. The standard InChI is InChI=1S/C16H9Cl3N2O2/c17-9-3-1-8(2-4-9)14(22)7-13-16(23)21-15-11(19)5-10(18)6-12(15)20-13/h1-7,22H,(H,21,23). The van der Waals surface area contributed by atoms with Crippen LogP contribution in [0.15, 0.2) is 41.2 Å². The summed E-state index contributed by atoms with van der Waals surface area (Å²) in [6.45, 7) is 0. The van der Waals surface area contributed by atoms with Gasteiger partial charge in [-0.05, 0) is 36.4 Å². The number of aliphatic hydroxyl groups is 1. The average molecular weight is 368 g/mol. The molecule has 0 radical (unpaired) electrons. The van der Waals surface area contributed by atoms with Crippen LogP contribution in [0.5, 0.6) is 0 Å². The predicted octanol–water partition coefficient (Wildman–Crippen LogP) is 4.94. The van der Waals surface area contributed by atoms with Crippen molar-refractivity contribution in [2.24, 2.45) is 0 Å². The highest BCUT2D eigenvalue weighted by molar-refractivity contribution is 6.38. The van der Waals surface area contributed by atoms with Gasteiger partial charge in [0, 0.05) is 21.7 Å². The Kier molecular flexibility index (Phi) is 4.31. The molecule has 0 amide bonds. The largest absolute Gasteiger partial charge is 0.507 e. The number of hydrogen-bond acceptors (Lipinski definition) is 3. The average Bonchev–Trinajstić information content (AvgIpc) is 2.49. The molecule has 0 atom stereocenters. The van der Waals surface area contributed by atoms with Crippen LogP contribution in [0.3, 0.4) is 0 Å². The third-order valence-electron chi connectivity index (χ3n) is 3.16. The molecular weight excluding hydrogens is 359 g/mol. The molecule has 0 saturated carbocycles. The van der Waals surface area contributed by atoms with E-state index in [1.807, 2.05) is 0 Å². The van der Waals surface area contributed by atoms with Gasteiger partial charge in [-0.25, -0.2) is 4.98 Å². The van der Waals surface area contributed by atoms with Crippen molar-refractivity contribution in [3.63, 3.8) is 0 Å².